The summed E-state index contributed by atoms with van der Waals surface area (Å²) in [6, 6.07) is 0. The first-order valence-electron chi connectivity index (χ1n) is 4.28. The van der Waals surface area contributed by atoms with Crippen LogP contribution >= 0.6 is 11.8 Å². The van der Waals surface area contributed by atoms with Gasteiger partial charge in [-0.1, -0.05) is 13.8 Å². The summed E-state index contributed by atoms with van der Waals surface area (Å²) in [5, 5.41) is 0.588. The monoisotopic (exact) mass is 171 g/mol. The molecule has 1 aliphatic rings. The summed E-state index contributed by atoms with van der Waals surface area (Å²) < 4.78 is 0.450. The zero-order valence-corrected chi connectivity index (χ0v) is 8.45. The molecule has 0 amide bonds. The zero-order valence-electron chi connectivity index (χ0n) is 7.63. The van der Waals surface area contributed by atoms with Crippen LogP contribution in [0, 0.1) is 0 Å². The van der Waals surface area contributed by atoms with E-state index in [1.807, 2.05) is 11.8 Å². The van der Waals surface area contributed by atoms with Crippen molar-refractivity contribution < 1.29 is 0 Å². The number of hydrogen-bond donors (Lipinski definition) is 0. The third-order valence-corrected chi connectivity index (χ3v) is 3.22. The van der Waals surface area contributed by atoms with Gasteiger partial charge in [-0.3, -0.25) is 4.99 Å². The lowest BCUT2D eigenvalue weighted by Gasteiger charge is -2.27. The molecule has 0 spiro atoms. The van der Waals surface area contributed by atoms with E-state index >= 15 is 0 Å². The zero-order chi connectivity index (χ0) is 8.32. The van der Waals surface area contributed by atoms with E-state index in [0.717, 1.165) is 6.54 Å². The summed E-state index contributed by atoms with van der Waals surface area (Å²) in [6.45, 7) is 7.90. The Balaban J connectivity index is 2.55. The Labute approximate surface area is 73.7 Å². The highest BCUT2D eigenvalue weighted by Gasteiger charge is 2.21. The van der Waals surface area contributed by atoms with Crippen LogP contribution in [0.1, 0.15) is 33.6 Å². The minimum atomic E-state index is 0.450. The van der Waals surface area contributed by atoms with Gasteiger partial charge in [-0.15, -0.1) is 11.8 Å². The van der Waals surface area contributed by atoms with Crippen LogP contribution < -0.4 is 0 Å². The molecule has 0 saturated carbocycles. The molecular formula is C9H17NS. The molecule has 0 aromatic rings. The Morgan fingerprint density at radius 2 is 2.27 bits per heavy atom. The fraction of sp³-hybridized carbons (Fsp3) is 0.889. The van der Waals surface area contributed by atoms with Crippen LogP contribution in [0.4, 0.5) is 0 Å². The van der Waals surface area contributed by atoms with E-state index in [0.29, 0.717) is 10.00 Å². The van der Waals surface area contributed by atoms with Crippen LogP contribution in [0.2, 0.25) is 0 Å². The average Bonchev–Trinajstić information content (AvgIpc) is 1.82. The van der Waals surface area contributed by atoms with Crippen LogP contribution in [0.25, 0.3) is 0 Å². The van der Waals surface area contributed by atoms with E-state index in [2.05, 4.69) is 32.0 Å². The van der Waals surface area contributed by atoms with Crippen molar-refractivity contribution in [3.8, 4) is 0 Å². The highest BCUT2D eigenvalue weighted by atomic mass is 32.2. The third-order valence-electron chi connectivity index (χ3n) is 1.89. The van der Waals surface area contributed by atoms with Gasteiger partial charge in [0.2, 0.25) is 0 Å². The van der Waals surface area contributed by atoms with Gasteiger partial charge in [0.25, 0.3) is 0 Å². The summed E-state index contributed by atoms with van der Waals surface area (Å²) >= 11 is 2.03. The van der Waals surface area contributed by atoms with Gasteiger partial charge in [0, 0.05) is 22.8 Å². The van der Waals surface area contributed by atoms with Crippen LogP contribution in [-0.4, -0.2) is 22.8 Å². The molecular weight excluding hydrogens is 154 g/mol. The van der Waals surface area contributed by atoms with E-state index in [1.54, 1.807) is 0 Å². The molecule has 1 rings (SSSR count). The molecule has 1 aliphatic heterocycles. The van der Waals surface area contributed by atoms with Crippen molar-refractivity contribution >= 4 is 18.0 Å². The average molecular weight is 171 g/mol. The van der Waals surface area contributed by atoms with Gasteiger partial charge in [-0.25, -0.2) is 0 Å². The summed E-state index contributed by atoms with van der Waals surface area (Å²) in [5.41, 5.74) is 0. The second-order valence-corrected chi connectivity index (χ2v) is 5.83. The van der Waals surface area contributed by atoms with Crippen LogP contribution in [0.15, 0.2) is 4.99 Å². The standard InChI is InChI=1S/C9H17NS/c1-8-7-10-6-4-5-9(2,3)11-8/h7-8H,4-6H2,1-3H3. The quantitative estimate of drug-likeness (QED) is 0.546. The van der Waals surface area contributed by atoms with Crippen molar-refractivity contribution in [1.82, 2.24) is 0 Å². The maximum Gasteiger partial charge on any atom is 0.0386 e. The second-order valence-electron chi connectivity index (χ2n) is 3.74. The van der Waals surface area contributed by atoms with E-state index in [1.165, 1.54) is 12.8 Å². The molecule has 0 aliphatic carbocycles. The molecule has 64 valence electrons. The molecule has 0 bridgehead atoms. The molecule has 1 nitrogen and oxygen atoms in total. The minimum absolute atomic E-state index is 0.450. The largest absolute Gasteiger partial charge is 0.296 e. The van der Waals surface area contributed by atoms with Crippen molar-refractivity contribution in [2.75, 3.05) is 6.54 Å². The van der Waals surface area contributed by atoms with E-state index in [-0.39, 0.29) is 0 Å². The summed E-state index contributed by atoms with van der Waals surface area (Å²) in [4.78, 5) is 4.33. The first-order chi connectivity index (χ1) is 5.10. The lowest BCUT2D eigenvalue weighted by atomic mass is 10.1. The number of rotatable bonds is 0. The van der Waals surface area contributed by atoms with Gasteiger partial charge >= 0.3 is 0 Å². The van der Waals surface area contributed by atoms with Crippen LogP contribution in [-0.2, 0) is 0 Å². The topological polar surface area (TPSA) is 12.4 Å². The summed E-state index contributed by atoms with van der Waals surface area (Å²) in [6.07, 6.45) is 4.62. The Bertz CT molecular complexity index is 152. The van der Waals surface area contributed by atoms with Gasteiger partial charge in [0.05, 0.1) is 0 Å². The van der Waals surface area contributed by atoms with Crippen molar-refractivity contribution in [2.24, 2.45) is 4.99 Å². The smallest absolute Gasteiger partial charge is 0.0386 e. The van der Waals surface area contributed by atoms with Crippen LogP contribution in [0.3, 0.4) is 0 Å². The summed E-state index contributed by atoms with van der Waals surface area (Å²) in [7, 11) is 0. The molecule has 1 atom stereocenters. The Kier molecular flexibility index (Phi) is 2.99. The van der Waals surface area contributed by atoms with E-state index < -0.39 is 0 Å². The van der Waals surface area contributed by atoms with Crippen molar-refractivity contribution in [3.63, 3.8) is 0 Å². The highest BCUT2D eigenvalue weighted by Crippen LogP contribution is 2.33. The predicted octanol–water partition coefficient (Wildman–Crippen LogP) is 2.75. The van der Waals surface area contributed by atoms with E-state index in [4.69, 9.17) is 0 Å². The molecule has 11 heavy (non-hydrogen) atoms. The molecule has 1 heterocycles. The molecule has 1 unspecified atom stereocenters. The number of thioether (sulfide) groups is 1. The number of nitrogens with zero attached hydrogens (tertiary/aromatic N) is 1. The van der Waals surface area contributed by atoms with Crippen molar-refractivity contribution in [1.29, 1.82) is 0 Å². The maximum atomic E-state index is 4.33. The minimum Gasteiger partial charge on any atom is -0.296 e. The Hall–Kier alpha value is 0.0200. The number of aliphatic imine (C=N–C) groups is 1. The van der Waals surface area contributed by atoms with Gasteiger partial charge in [0.1, 0.15) is 0 Å². The van der Waals surface area contributed by atoms with Gasteiger partial charge < -0.3 is 0 Å². The normalized spacial score (nSPS) is 31.0. The first kappa shape index (κ1) is 9.11. The lowest BCUT2D eigenvalue weighted by Crippen LogP contribution is -2.21. The lowest BCUT2D eigenvalue weighted by molar-refractivity contribution is 0.604. The molecule has 0 N–H and O–H groups in total. The van der Waals surface area contributed by atoms with Gasteiger partial charge in [-0.05, 0) is 19.8 Å². The molecule has 0 fully saturated rings. The maximum absolute atomic E-state index is 4.33. The molecule has 0 radical (unpaired) electrons. The van der Waals surface area contributed by atoms with Crippen LogP contribution in [0.5, 0.6) is 0 Å². The molecule has 2 heteroatoms. The van der Waals surface area contributed by atoms with Crippen molar-refractivity contribution in [3.05, 3.63) is 0 Å². The Morgan fingerprint density at radius 1 is 1.55 bits per heavy atom. The van der Waals surface area contributed by atoms with Crippen molar-refractivity contribution in [2.45, 2.75) is 43.6 Å². The Morgan fingerprint density at radius 3 is 3.00 bits per heavy atom. The fourth-order valence-corrected chi connectivity index (χ4v) is 2.83. The number of hydrogen-bond acceptors (Lipinski definition) is 2. The van der Waals surface area contributed by atoms with Gasteiger partial charge in [0.15, 0.2) is 0 Å². The SMILES string of the molecule is CC1C=NCCCC(C)(C)S1. The predicted molar refractivity (Wildman–Crippen MR) is 53.7 cm³/mol. The third kappa shape index (κ3) is 3.28. The molecule has 0 saturated heterocycles. The van der Waals surface area contributed by atoms with Gasteiger partial charge in [-0.2, -0.15) is 0 Å². The summed E-state index contributed by atoms with van der Waals surface area (Å²) in [5.74, 6) is 0. The highest BCUT2D eigenvalue weighted by molar-refractivity contribution is 8.01. The second kappa shape index (κ2) is 3.61. The van der Waals surface area contributed by atoms with E-state index in [9.17, 15) is 0 Å². The molecule has 0 aromatic carbocycles. The first-order valence-corrected chi connectivity index (χ1v) is 5.16. The molecule has 0 aromatic heterocycles. The fourth-order valence-electron chi connectivity index (χ4n) is 1.41.